The largest absolute Gasteiger partial charge is 0.314 e. The van der Waals surface area contributed by atoms with Gasteiger partial charge in [-0.2, -0.15) is 0 Å². The van der Waals surface area contributed by atoms with Gasteiger partial charge in [-0.3, -0.25) is 10.1 Å². The second-order valence-corrected chi connectivity index (χ2v) is 5.64. The third kappa shape index (κ3) is 3.32. The van der Waals surface area contributed by atoms with Gasteiger partial charge in [0.25, 0.3) is 5.69 Å². The minimum absolute atomic E-state index is 0.172. The van der Waals surface area contributed by atoms with Crippen LogP contribution in [0.3, 0.4) is 0 Å². The molecule has 1 aromatic rings. The first kappa shape index (κ1) is 14.0. The van der Waals surface area contributed by atoms with Crippen LogP contribution in [-0.4, -0.2) is 17.5 Å². The van der Waals surface area contributed by atoms with Gasteiger partial charge in [-0.15, -0.1) is 0 Å². The number of benzene rings is 1. The number of rotatable bonds is 7. The molecule has 0 radical (unpaired) electrons. The quantitative estimate of drug-likeness (QED) is 0.606. The van der Waals surface area contributed by atoms with Crippen molar-refractivity contribution >= 4 is 5.69 Å². The highest BCUT2D eigenvalue weighted by molar-refractivity contribution is 5.34. The normalized spacial score (nSPS) is 18.0. The molecule has 1 aromatic carbocycles. The number of nitro benzene ring substituents is 1. The van der Waals surface area contributed by atoms with E-state index in [0.29, 0.717) is 11.5 Å². The molecule has 0 amide bonds. The fraction of sp³-hybridized carbons (Fsp3) is 0.600. The maximum Gasteiger partial charge on any atom is 0.269 e. The molecule has 1 aliphatic carbocycles. The van der Waals surface area contributed by atoms with Gasteiger partial charge in [-0.05, 0) is 50.1 Å². The van der Waals surface area contributed by atoms with Crippen molar-refractivity contribution in [2.75, 3.05) is 6.54 Å². The zero-order valence-corrected chi connectivity index (χ0v) is 11.7. The summed E-state index contributed by atoms with van der Waals surface area (Å²) in [7, 11) is 0. The fourth-order valence-corrected chi connectivity index (χ4v) is 2.64. The highest BCUT2D eigenvalue weighted by Crippen LogP contribution is 2.51. The van der Waals surface area contributed by atoms with E-state index in [1.807, 2.05) is 12.1 Å². The van der Waals surface area contributed by atoms with Gasteiger partial charge >= 0.3 is 0 Å². The summed E-state index contributed by atoms with van der Waals surface area (Å²) in [5.74, 6) is 0. The summed E-state index contributed by atoms with van der Waals surface area (Å²) in [6.45, 7) is 5.49. The third-order valence-electron chi connectivity index (χ3n) is 4.21. The average Bonchev–Trinajstić information content (AvgIpc) is 3.17. The highest BCUT2D eigenvalue weighted by atomic mass is 16.6. The minimum Gasteiger partial charge on any atom is -0.314 e. The lowest BCUT2D eigenvalue weighted by Crippen LogP contribution is -2.36. The first-order chi connectivity index (χ1) is 9.07. The van der Waals surface area contributed by atoms with E-state index in [1.54, 1.807) is 12.1 Å². The van der Waals surface area contributed by atoms with Crippen molar-refractivity contribution in [3.8, 4) is 0 Å². The number of nitrogens with one attached hydrogen (secondary N) is 1. The Bertz CT molecular complexity index is 438. The monoisotopic (exact) mass is 262 g/mol. The zero-order chi connectivity index (χ0) is 13.9. The first-order valence-corrected chi connectivity index (χ1v) is 7.04. The molecule has 0 saturated heterocycles. The molecule has 1 aliphatic rings. The van der Waals surface area contributed by atoms with Gasteiger partial charge in [0, 0.05) is 18.2 Å². The number of non-ortho nitro benzene ring substituents is 1. The Hall–Kier alpha value is -1.42. The lowest BCUT2D eigenvalue weighted by Gasteiger charge is -2.24. The third-order valence-corrected chi connectivity index (χ3v) is 4.21. The summed E-state index contributed by atoms with van der Waals surface area (Å²) in [6.07, 6.45) is 4.67. The van der Waals surface area contributed by atoms with Crippen LogP contribution in [0, 0.1) is 15.5 Å². The van der Waals surface area contributed by atoms with Crippen LogP contribution in [0.1, 0.15) is 38.7 Å². The SMILES string of the molecule is CCCNC(C)C1(Cc2ccc([N+](=O)[O-])cc2)CC1. The maximum atomic E-state index is 10.6. The van der Waals surface area contributed by atoms with E-state index >= 15 is 0 Å². The van der Waals surface area contributed by atoms with Gasteiger partial charge in [0.2, 0.25) is 0 Å². The molecule has 0 bridgehead atoms. The van der Waals surface area contributed by atoms with Gasteiger partial charge in [0.15, 0.2) is 0 Å². The lowest BCUT2D eigenvalue weighted by molar-refractivity contribution is -0.384. The molecule has 19 heavy (non-hydrogen) atoms. The Morgan fingerprint density at radius 1 is 1.37 bits per heavy atom. The maximum absolute atomic E-state index is 10.6. The van der Waals surface area contributed by atoms with E-state index in [4.69, 9.17) is 0 Å². The fourth-order valence-electron chi connectivity index (χ4n) is 2.64. The number of nitrogens with zero attached hydrogens (tertiary/aromatic N) is 1. The highest BCUT2D eigenvalue weighted by Gasteiger charge is 2.46. The number of hydrogen-bond donors (Lipinski definition) is 1. The summed E-state index contributed by atoms with van der Waals surface area (Å²) < 4.78 is 0. The zero-order valence-electron chi connectivity index (χ0n) is 11.7. The van der Waals surface area contributed by atoms with Crippen LogP contribution in [-0.2, 0) is 6.42 Å². The molecule has 1 saturated carbocycles. The van der Waals surface area contributed by atoms with Gasteiger partial charge in [0.1, 0.15) is 0 Å². The Kier molecular flexibility index (Phi) is 4.20. The summed E-state index contributed by atoms with van der Waals surface area (Å²) in [5, 5.41) is 14.2. The van der Waals surface area contributed by atoms with Crippen LogP contribution in [0.4, 0.5) is 5.69 Å². The van der Waals surface area contributed by atoms with E-state index < -0.39 is 0 Å². The van der Waals surface area contributed by atoms with Crippen molar-refractivity contribution in [3.63, 3.8) is 0 Å². The standard InChI is InChI=1S/C15H22N2O2/c1-3-10-16-12(2)15(8-9-15)11-13-4-6-14(7-5-13)17(18)19/h4-7,12,16H,3,8-11H2,1-2H3. The van der Waals surface area contributed by atoms with Gasteiger partial charge in [-0.1, -0.05) is 19.1 Å². The molecule has 0 aliphatic heterocycles. The van der Waals surface area contributed by atoms with Crippen LogP contribution < -0.4 is 5.32 Å². The molecule has 4 nitrogen and oxygen atoms in total. The molecule has 4 heteroatoms. The molecule has 0 spiro atoms. The van der Waals surface area contributed by atoms with Crippen molar-refractivity contribution in [1.29, 1.82) is 0 Å². The van der Waals surface area contributed by atoms with E-state index in [1.165, 1.54) is 18.4 Å². The predicted octanol–water partition coefficient (Wildman–Crippen LogP) is 3.31. The minimum atomic E-state index is -0.345. The predicted molar refractivity (Wildman–Crippen MR) is 76.2 cm³/mol. The van der Waals surface area contributed by atoms with Crippen molar-refractivity contribution in [2.24, 2.45) is 5.41 Å². The molecule has 1 unspecified atom stereocenters. The Morgan fingerprint density at radius 2 is 2.00 bits per heavy atom. The van der Waals surface area contributed by atoms with E-state index in [2.05, 4.69) is 19.2 Å². The van der Waals surface area contributed by atoms with Crippen molar-refractivity contribution in [1.82, 2.24) is 5.32 Å². The lowest BCUT2D eigenvalue weighted by atomic mass is 9.89. The van der Waals surface area contributed by atoms with Gasteiger partial charge < -0.3 is 5.32 Å². The molecule has 0 heterocycles. The molecular formula is C15H22N2O2. The van der Waals surface area contributed by atoms with Crippen LogP contribution in [0.5, 0.6) is 0 Å². The first-order valence-electron chi connectivity index (χ1n) is 7.04. The van der Waals surface area contributed by atoms with Crippen molar-refractivity contribution in [3.05, 3.63) is 39.9 Å². The van der Waals surface area contributed by atoms with Crippen LogP contribution in [0.25, 0.3) is 0 Å². The van der Waals surface area contributed by atoms with E-state index in [0.717, 1.165) is 19.4 Å². The second kappa shape index (κ2) is 5.70. The van der Waals surface area contributed by atoms with E-state index in [9.17, 15) is 10.1 Å². The van der Waals surface area contributed by atoms with Crippen LogP contribution in [0.15, 0.2) is 24.3 Å². The number of nitro groups is 1. The summed E-state index contributed by atoms with van der Waals surface area (Å²) in [6, 6.07) is 7.52. The smallest absolute Gasteiger partial charge is 0.269 e. The molecular weight excluding hydrogens is 240 g/mol. The number of hydrogen-bond acceptors (Lipinski definition) is 3. The molecule has 1 fully saturated rings. The van der Waals surface area contributed by atoms with E-state index in [-0.39, 0.29) is 10.6 Å². The van der Waals surface area contributed by atoms with Crippen LogP contribution in [0.2, 0.25) is 0 Å². The van der Waals surface area contributed by atoms with Gasteiger partial charge in [-0.25, -0.2) is 0 Å². The Labute approximate surface area is 114 Å². The van der Waals surface area contributed by atoms with Crippen molar-refractivity contribution in [2.45, 2.75) is 45.6 Å². The molecule has 2 rings (SSSR count). The molecule has 104 valence electrons. The topological polar surface area (TPSA) is 55.2 Å². The molecule has 1 N–H and O–H groups in total. The Morgan fingerprint density at radius 3 is 2.47 bits per heavy atom. The van der Waals surface area contributed by atoms with Crippen molar-refractivity contribution < 1.29 is 4.92 Å². The molecule has 0 aromatic heterocycles. The summed E-state index contributed by atoms with van der Waals surface area (Å²) >= 11 is 0. The Balaban J connectivity index is 1.98. The molecule has 1 atom stereocenters. The summed E-state index contributed by atoms with van der Waals surface area (Å²) in [5.41, 5.74) is 1.74. The van der Waals surface area contributed by atoms with Crippen LogP contribution >= 0.6 is 0 Å². The summed E-state index contributed by atoms with van der Waals surface area (Å²) in [4.78, 5) is 10.3. The van der Waals surface area contributed by atoms with Gasteiger partial charge in [0.05, 0.1) is 4.92 Å². The second-order valence-electron chi connectivity index (χ2n) is 5.64. The average molecular weight is 262 g/mol.